The van der Waals surface area contributed by atoms with Crippen molar-refractivity contribution in [2.45, 2.75) is 6.54 Å². The Balaban J connectivity index is 1.60. The summed E-state index contributed by atoms with van der Waals surface area (Å²) >= 11 is 6.56. The number of pyridine rings is 1. The van der Waals surface area contributed by atoms with Gasteiger partial charge in [0, 0.05) is 36.9 Å². The minimum absolute atomic E-state index is 0.256. The van der Waals surface area contributed by atoms with Gasteiger partial charge in [0.15, 0.2) is 11.6 Å². The maximum Gasteiger partial charge on any atom is 0.169 e. The van der Waals surface area contributed by atoms with Crippen molar-refractivity contribution in [1.82, 2.24) is 24.7 Å². The summed E-state index contributed by atoms with van der Waals surface area (Å²) in [5.74, 6) is 0.702. The van der Waals surface area contributed by atoms with E-state index >= 15 is 0 Å². The number of nitrogens with zero attached hydrogens (tertiary/aromatic N) is 6. The first-order chi connectivity index (χ1) is 16.5. The van der Waals surface area contributed by atoms with Crippen molar-refractivity contribution in [2.24, 2.45) is 7.05 Å². The molecule has 0 fully saturated rings. The van der Waals surface area contributed by atoms with Crippen LogP contribution in [-0.2, 0) is 13.6 Å². The highest BCUT2D eigenvalue weighted by atomic mass is 35.5. The number of rotatable bonds is 5. The second kappa shape index (κ2) is 8.81. The molecule has 8 nitrogen and oxygen atoms in total. The monoisotopic (exact) mass is 466 g/mol. The van der Waals surface area contributed by atoms with Crippen molar-refractivity contribution >= 4 is 34.1 Å². The normalized spacial score (nSPS) is 10.9. The first kappa shape index (κ1) is 21.4. The Bertz CT molecular complexity index is 1550. The highest BCUT2D eigenvalue weighted by molar-refractivity contribution is 6.35. The van der Waals surface area contributed by atoms with Crippen molar-refractivity contribution in [1.29, 1.82) is 5.26 Å². The molecular weight excluding hydrogens is 448 g/mol. The average molecular weight is 467 g/mol. The van der Waals surface area contributed by atoms with Gasteiger partial charge in [0.1, 0.15) is 17.1 Å². The summed E-state index contributed by atoms with van der Waals surface area (Å²) in [5.41, 5.74) is 11.2. The summed E-state index contributed by atoms with van der Waals surface area (Å²) in [6.45, 7) is 0.468. The fourth-order valence-electron chi connectivity index (χ4n) is 3.67. The number of nitrogens with two attached hydrogens (primary N) is 1. The van der Waals surface area contributed by atoms with Crippen LogP contribution < -0.4 is 11.1 Å². The molecule has 34 heavy (non-hydrogen) atoms. The van der Waals surface area contributed by atoms with Crippen LogP contribution in [0.15, 0.2) is 67.0 Å². The number of hydrogen-bond acceptors (Lipinski definition) is 7. The van der Waals surface area contributed by atoms with Crippen LogP contribution in [0, 0.1) is 11.3 Å². The molecule has 5 aromatic rings. The van der Waals surface area contributed by atoms with Crippen LogP contribution in [0.2, 0.25) is 5.02 Å². The molecule has 0 unspecified atom stereocenters. The summed E-state index contributed by atoms with van der Waals surface area (Å²) in [4.78, 5) is 13.9. The molecule has 0 aliphatic heterocycles. The van der Waals surface area contributed by atoms with Crippen LogP contribution in [0.25, 0.3) is 33.5 Å². The maximum absolute atomic E-state index is 9.00. The standard InChI is InChI=1S/C25H19ClN8/c1-34-10-8-20(33-34)23-22(18-11-17-3-2-9-29-21(17)19(26)12-18)32-25(24(28)31-23)30-14-16-6-4-15(13-27)5-7-16/h2-12H,14H2,1H3,(H2,28,31)(H,30,32). The van der Waals surface area contributed by atoms with Crippen LogP contribution in [0.5, 0.6) is 0 Å². The molecule has 3 heterocycles. The van der Waals surface area contributed by atoms with E-state index < -0.39 is 0 Å². The number of anilines is 2. The lowest BCUT2D eigenvalue weighted by molar-refractivity contribution is 0.770. The zero-order valence-corrected chi connectivity index (χ0v) is 19.0. The predicted octanol–water partition coefficient (Wildman–Crippen LogP) is 4.81. The second-order valence-electron chi connectivity index (χ2n) is 7.72. The Morgan fingerprint density at radius 2 is 1.91 bits per heavy atom. The number of aryl methyl sites for hydroxylation is 1. The number of benzene rings is 2. The van der Waals surface area contributed by atoms with Crippen molar-refractivity contribution in [3.05, 3.63) is 83.1 Å². The lowest BCUT2D eigenvalue weighted by atomic mass is 10.0. The van der Waals surface area contributed by atoms with Gasteiger partial charge in [-0.3, -0.25) is 9.67 Å². The predicted molar refractivity (Wildman–Crippen MR) is 133 cm³/mol. The van der Waals surface area contributed by atoms with Gasteiger partial charge in [-0.25, -0.2) is 9.97 Å². The average Bonchev–Trinajstić information content (AvgIpc) is 3.29. The topological polar surface area (TPSA) is 118 Å². The molecule has 0 aliphatic rings. The summed E-state index contributed by atoms with van der Waals surface area (Å²) in [7, 11) is 1.84. The van der Waals surface area contributed by atoms with E-state index in [1.807, 2.05) is 55.7 Å². The van der Waals surface area contributed by atoms with Gasteiger partial charge in [-0.2, -0.15) is 10.4 Å². The fraction of sp³-hybridized carbons (Fsp3) is 0.0800. The van der Waals surface area contributed by atoms with E-state index in [-0.39, 0.29) is 5.82 Å². The zero-order valence-electron chi connectivity index (χ0n) is 18.2. The van der Waals surface area contributed by atoms with Gasteiger partial charge in [-0.05, 0) is 42.0 Å². The molecular formula is C25H19ClN8. The zero-order chi connectivity index (χ0) is 23.7. The van der Waals surface area contributed by atoms with E-state index in [9.17, 15) is 0 Å². The smallest absolute Gasteiger partial charge is 0.169 e. The highest BCUT2D eigenvalue weighted by Gasteiger charge is 2.19. The molecule has 0 spiro atoms. The second-order valence-corrected chi connectivity index (χ2v) is 8.13. The molecule has 2 aromatic carbocycles. The number of hydrogen-bond donors (Lipinski definition) is 2. The van der Waals surface area contributed by atoms with E-state index in [0.29, 0.717) is 40.0 Å². The fourth-order valence-corrected chi connectivity index (χ4v) is 3.94. The van der Waals surface area contributed by atoms with Crippen molar-refractivity contribution in [3.8, 4) is 28.7 Å². The number of nitrogens with one attached hydrogen (secondary N) is 1. The highest BCUT2D eigenvalue weighted by Crippen LogP contribution is 2.35. The van der Waals surface area contributed by atoms with Crippen molar-refractivity contribution in [3.63, 3.8) is 0 Å². The first-order valence-corrected chi connectivity index (χ1v) is 10.8. The van der Waals surface area contributed by atoms with Crippen LogP contribution in [0.3, 0.4) is 0 Å². The van der Waals surface area contributed by atoms with Crippen molar-refractivity contribution in [2.75, 3.05) is 11.1 Å². The molecule has 9 heteroatoms. The van der Waals surface area contributed by atoms with Gasteiger partial charge in [0.2, 0.25) is 0 Å². The van der Waals surface area contributed by atoms with Crippen LogP contribution in [0.4, 0.5) is 11.6 Å². The molecule has 0 aliphatic carbocycles. The number of aromatic nitrogens is 5. The van der Waals surface area contributed by atoms with Gasteiger partial charge >= 0.3 is 0 Å². The third kappa shape index (κ3) is 4.12. The Morgan fingerprint density at radius 1 is 1.09 bits per heavy atom. The van der Waals surface area contributed by atoms with E-state index in [4.69, 9.17) is 27.6 Å². The quantitative estimate of drug-likeness (QED) is 0.381. The minimum atomic E-state index is 0.256. The number of fused-ring (bicyclic) bond motifs is 1. The summed E-state index contributed by atoms with van der Waals surface area (Å²) in [6.07, 6.45) is 3.55. The van der Waals surface area contributed by atoms with Crippen LogP contribution in [0.1, 0.15) is 11.1 Å². The SMILES string of the molecule is Cn1ccc(-c2nc(N)c(NCc3ccc(C#N)cc3)nc2-c2cc(Cl)c3ncccc3c2)n1. The minimum Gasteiger partial charge on any atom is -0.381 e. The lowest BCUT2D eigenvalue weighted by Gasteiger charge is -2.14. The molecule has 3 aromatic heterocycles. The van der Waals surface area contributed by atoms with Gasteiger partial charge < -0.3 is 11.1 Å². The molecule has 166 valence electrons. The summed E-state index contributed by atoms with van der Waals surface area (Å²) < 4.78 is 1.70. The molecule has 0 saturated heterocycles. The molecule has 3 N–H and O–H groups in total. The van der Waals surface area contributed by atoms with Crippen LogP contribution in [-0.4, -0.2) is 24.7 Å². The molecule has 0 saturated carbocycles. The molecule has 0 amide bonds. The van der Waals surface area contributed by atoms with E-state index in [1.54, 1.807) is 23.0 Å². The Kier molecular flexibility index (Phi) is 5.54. The Labute approximate surface area is 200 Å². The summed E-state index contributed by atoms with van der Waals surface area (Å²) in [6, 6.07) is 18.9. The number of nitrogen functional groups attached to an aromatic ring is 1. The van der Waals surface area contributed by atoms with E-state index in [0.717, 1.165) is 22.0 Å². The van der Waals surface area contributed by atoms with E-state index in [2.05, 4.69) is 26.5 Å². The molecule has 0 radical (unpaired) electrons. The summed E-state index contributed by atoms with van der Waals surface area (Å²) in [5, 5.41) is 18.2. The van der Waals surface area contributed by atoms with Crippen LogP contribution >= 0.6 is 11.6 Å². The van der Waals surface area contributed by atoms with Gasteiger partial charge in [-0.1, -0.05) is 29.8 Å². The van der Waals surface area contributed by atoms with E-state index in [1.165, 1.54) is 0 Å². The largest absolute Gasteiger partial charge is 0.381 e. The third-order valence-electron chi connectivity index (χ3n) is 5.35. The van der Waals surface area contributed by atoms with Gasteiger partial charge in [0.25, 0.3) is 0 Å². The Morgan fingerprint density at radius 3 is 2.65 bits per heavy atom. The van der Waals surface area contributed by atoms with Gasteiger partial charge in [0.05, 0.1) is 22.2 Å². The van der Waals surface area contributed by atoms with Crippen molar-refractivity contribution < 1.29 is 0 Å². The molecule has 0 atom stereocenters. The Hall–Kier alpha value is -4.48. The number of nitriles is 1. The van der Waals surface area contributed by atoms with Gasteiger partial charge in [-0.15, -0.1) is 0 Å². The maximum atomic E-state index is 9.00. The molecule has 0 bridgehead atoms. The first-order valence-electron chi connectivity index (χ1n) is 10.5. The number of halogens is 1. The third-order valence-corrected chi connectivity index (χ3v) is 5.64. The molecule has 5 rings (SSSR count). The lowest BCUT2D eigenvalue weighted by Crippen LogP contribution is -2.09.